The SMILES string of the molecule is C=CC1C(C(=O)OCc2c(F)c(F)c(C)c(F)c2F)C1(C)C.Cc1c(F)c(F)c(COC(=O)C2C(C)(C)C2(C)C)c(F)c1F. The summed E-state index contributed by atoms with van der Waals surface area (Å²) in [5, 5.41) is 0. The number of carbonyl (C=O) groups is 2. The first kappa shape index (κ1) is 35.0. The summed E-state index contributed by atoms with van der Waals surface area (Å²) in [4.78, 5) is 23.9. The van der Waals surface area contributed by atoms with Crippen molar-refractivity contribution in [3.63, 3.8) is 0 Å². The van der Waals surface area contributed by atoms with Gasteiger partial charge in [0.15, 0.2) is 46.5 Å². The highest BCUT2D eigenvalue weighted by molar-refractivity contribution is 5.79. The number of esters is 2. The molecule has 2 saturated carbocycles. The van der Waals surface area contributed by atoms with E-state index in [9.17, 15) is 44.7 Å². The Kier molecular flexibility index (Phi) is 9.41. The number of rotatable bonds is 7. The van der Waals surface area contributed by atoms with E-state index in [1.54, 1.807) is 6.08 Å². The van der Waals surface area contributed by atoms with Crippen LogP contribution in [0, 0.1) is 94.4 Å². The van der Waals surface area contributed by atoms with Gasteiger partial charge in [0.25, 0.3) is 0 Å². The van der Waals surface area contributed by atoms with E-state index in [1.165, 1.54) is 0 Å². The maximum atomic E-state index is 13.7. The molecule has 0 radical (unpaired) electrons. The molecule has 2 fully saturated rings. The van der Waals surface area contributed by atoms with E-state index in [2.05, 4.69) is 6.58 Å². The monoisotopic (exact) mass is 634 g/mol. The van der Waals surface area contributed by atoms with Crippen LogP contribution in [0.2, 0.25) is 0 Å². The third-order valence-electron chi connectivity index (χ3n) is 9.54. The van der Waals surface area contributed by atoms with Crippen LogP contribution in [0.3, 0.4) is 0 Å². The Morgan fingerprint density at radius 2 is 0.955 bits per heavy atom. The van der Waals surface area contributed by atoms with Crippen LogP contribution < -0.4 is 0 Å². The quantitative estimate of drug-likeness (QED) is 0.133. The molecule has 4 rings (SSSR count). The number of hydrogen-bond acceptors (Lipinski definition) is 4. The molecule has 2 aromatic rings. The Morgan fingerprint density at radius 3 is 1.23 bits per heavy atom. The van der Waals surface area contributed by atoms with Gasteiger partial charge in [-0.2, -0.15) is 0 Å². The van der Waals surface area contributed by atoms with Crippen molar-refractivity contribution in [1.29, 1.82) is 0 Å². The minimum absolute atomic E-state index is 0.0961. The first-order valence-electron chi connectivity index (χ1n) is 13.7. The van der Waals surface area contributed by atoms with Crippen molar-refractivity contribution in [2.24, 2.45) is 34.0 Å². The number of hydrogen-bond donors (Lipinski definition) is 0. The molecule has 2 aliphatic rings. The fraction of sp³-hybridized carbons (Fsp3) is 0.500. The first-order valence-corrected chi connectivity index (χ1v) is 13.7. The van der Waals surface area contributed by atoms with Gasteiger partial charge in [0.1, 0.15) is 13.2 Å². The lowest BCUT2D eigenvalue weighted by atomic mass is 10.0. The zero-order valence-electron chi connectivity index (χ0n) is 25.6. The van der Waals surface area contributed by atoms with Crippen LogP contribution in [0.5, 0.6) is 0 Å². The number of allylic oxidation sites excluding steroid dienone is 1. The number of carbonyl (C=O) groups excluding carboxylic acids is 2. The molecule has 0 N–H and O–H groups in total. The minimum Gasteiger partial charge on any atom is -0.460 e. The highest BCUT2D eigenvalue weighted by Gasteiger charge is 2.69. The van der Waals surface area contributed by atoms with E-state index in [4.69, 9.17) is 9.47 Å². The molecule has 2 unspecified atom stereocenters. The van der Waals surface area contributed by atoms with Gasteiger partial charge in [0.2, 0.25) is 0 Å². The van der Waals surface area contributed by atoms with Crippen molar-refractivity contribution in [3.8, 4) is 0 Å². The molecule has 242 valence electrons. The Bertz CT molecular complexity index is 1460. The summed E-state index contributed by atoms with van der Waals surface area (Å²) in [5.74, 6) is -14.4. The maximum Gasteiger partial charge on any atom is 0.310 e. The van der Waals surface area contributed by atoms with Gasteiger partial charge in [0.05, 0.1) is 23.0 Å². The van der Waals surface area contributed by atoms with Crippen molar-refractivity contribution in [3.05, 3.63) is 81.4 Å². The van der Waals surface area contributed by atoms with E-state index < -0.39 is 106 Å². The number of benzene rings is 2. The van der Waals surface area contributed by atoms with Crippen LogP contribution in [0.4, 0.5) is 35.1 Å². The lowest BCUT2D eigenvalue weighted by Gasteiger charge is -2.11. The summed E-state index contributed by atoms with van der Waals surface area (Å²) < 4.78 is 118. The zero-order valence-corrected chi connectivity index (χ0v) is 25.6. The van der Waals surface area contributed by atoms with E-state index in [0.29, 0.717) is 0 Å². The molecule has 2 aromatic carbocycles. The second-order valence-electron chi connectivity index (χ2n) is 12.9. The fourth-order valence-electron chi connectivity index (χ4n) is 5.64. The van der Waals surface area contributed by atoms with Crippen molar-refractivity contribution in [2.45, 2.75) is 68.6 Å². The van der Waals surface area contributed by atoms with Gasteiger partial charge >= 0.3 is 11.9 Å². The molecule has 2 atom stereocenters. The Morgan fingerprint density at radius 1 is 0.636 bits per heavy atom. The molecule has 0 amide bonds. The van der Waals surface area contributed by atoms with Crippen molar-refractivity contribution in [1.82, 2.24) is 0 Å². The Balaban J connectivity index is 0.000000240. The van der Waals surface area contributed by atoms with E-state index >= 15 is 0 Å². The lowest BCUT2D eigenvalue weighted by molar-refractivity contribution is -0.148. The predicted octanol–water partition coefficient (Wildman–Crippen LogP) is 8.33. The standard InChI is InChI=1S/C16H18F4O2.C16H16F4O2/c1-7-9(17)11(19)8(12(20)10(7)18)6-22-14(21)13-15(2,3)16(13,4)5;1-5-9-10(16(9,3)4)15(21)22-6-8-13(19)11(17)7(2)12(18)14(8)20/h13H,6H2,1-5H3;5,9-10H,1,6H2,2-4H3. The highest BCUT2D eigenvalue weighted by atomic mass is 19.2. The maximum absolute atomic E-state index is 13.7. The molecule has 0 aliphatic heterocycles. The van der Waals surface area contributed by atoms with Gasteiger partial charge in [-0.3, -0.25) is 9.59 Å². The van der Waals surface area contributed by atoms with Gasteiger partial charge in [-0.1, -0.05) is 47.6 Å². The van der Waals surface area contributed by atoms with E-state index in [0.717, 1.165) is 13.8 Å². The van der Waals surface area contributed by atoms with E-state index in [-0.39, 0.29) is 22.2 Å². The zero-order chi connectivity index (χ0) is 33.9. The van der Waals surface area contributed by atoms with Crippen molar-refractivity contribution < 1.29 is 54.2 Å². The average Bonchev–Trinajstić information content (AvgIpc) is 3.68. The summed E-state index contributed by atoms with van der Waals surface area (Å²) in [5.41, 5.74) is -4.28. The molecule has 0 spiro atoms. The van der Waals surface area contributed by atoms with Crippen LogP contribution in [0.15, 0.2) is 12.7 Å². The van der Waals surface area contributed by atoms with Gasteiger partial charge < -0.3 is 9.47 Å². The minimum atomic E-state index is -1.54. The molecule has 4 nitrogen and oxygen atoms in total. The summed E-state index contributed by atoms with van der Waals surface area (Å²) in [6, 6.07) is 0. The Labute approximate surface area is 250 Å². The van der Waals surface area contributed by atoms with Crippen LogP contribution in [0.1, 0.15) is 63.8 Å². The predicted molar refractivity (Wildman–Crippen MR) is 144 cm³/mol. The number of halogens is 8. The number of ether oxygens (including phenoxy) is 2. The van der Waals surface area contributed by atoms with Crippen LogP contribution >= 0.6 is 0 Å². The summed E-state index contributed by atoms with van der Waals surface area (Å²) >= 11 is 0. The van der Waals surface area contributed by atoms with Gasteiger partial charge in [-0.25, -0.2) is 35.1 Å². The molecular formula is C32H34F8O4. The molecule has 0 aromatic heterocycles. The molecule has 0 heterocycles. The molecule has 44 heavy (non-hydrogen) atoms. The first-order chi connectivity index (χ1) is 20.1. The molecule has 12 heteroatoms. The molecular weight excluding hydrogens is 600 g/mol. The molecule has 0 saturated heterocycles. The summed E-state index contributed by atoms with van der Waals surface area (Å²) in [6.07, 6.45) is 1.61. The van der Waals surface area contributed by atoms with Crippen LogP contribution in [-0.4, -0.2) is 11.9 Å². The normalized spacial score (nSPS) is 20.7. The smallest absolute Gasteiger partial charge is 0.310 e. The lowest BCUT2D eigenvalue weighted by Crippen LogP contribution is -2.14. The molecule has 0 bridgehead atoms. The van der Waals surface area contributed by atoms with Crippen LogP contribution in [-0.2, 0) is 32.3 Å². The third-order valence-corrected chi connectivity index (χ3v) is 9.54. The van der Waals surface area contributed by atoms with Gasteiger partial charge in [-0.15, -0.1) is 6.58 Å². The second-order valence-corrected chi connectivity index (χ2v) is 12.9. The molecule has 2 aliphatic carbocycles. The highest BCUT2D eigenvalue weighted by Crippen LogP contribution is 2.68. The average molecular weight is 635 g/mol. The fourth-order valence-corrected chi connectivity index (χ4v) is 5.64. The van der Waals surface area contributed by atoms with E-state index in [1.807, 2.05) is 41.5 Å². The van der Waals surface area contributed by atoms with Crippen molar-refractivity contribution in [2.75, 3.05) is 0 Å². The summed E-state index contributed by atoms with van der Waals surface area (Å²) in [7, 11) is 0. The third kappa shape index (κ3) is 5.72. The largest absolute Gasteiger partial charge is 0.460 e. The second kappa shape index (κ2) is 11.8. The summed E-state index contributed by atoms with van der Waals surface area (Å²) in [6.45, 7) is 14.9. The van der Waals surface area contributed by atoms with Crippen molar-refractivity contribution >= 4 is 11.9 Å². The van der Waals surface area contributed by atoms with Gasteiger partial charge in [-0.05, 0) is 36.0 Å². The van der Waals surface area contributed by atoms with Gasteiger partial charge in [0, 0.05) is 11.1 Å². The Hall–Kier alpha value is -3.44. The topological polar surface area (TPSA) is 52.6 Å². The van der Waals surface area contributed by atoms with Crippen LogP contribution in [0.25, 0.3) is 0 Å².